The lowest BCUT2D eigenvalue weighted by Crippen LogP contribution is -2.30. The third-order valence-corrected chi connectivity index (χ3v) is 5.36. The van der Waals surface area contributed by atoms with Crippen LogP contribution >= 0.6 is 11.3 Å². The Hall–Kier alpha value is -2.79. The molecule has 2 atom stereocenters. The number of anilines is 1. The SMILES string of the molecule is Cc1cccc(-c2nc(NC(=O)C3CCCC(C(=O)O)C3)sc2C#N)n1. The lowest BCUT2D eigenvalue weighted by molar-refractivity contribution is -0.143. The van der Waals surface area contributed by atoms with E-state index in [-0.39, 0.29) is 11.8 Å². The molecule has 1 fully saturated rings. The number of nitrogens with one attached hydrogen (secondary N) is 1. The second kappa shape index (κ2) is 7.62. The van der Waals surface area contributed by atoms with Crippen LogP contribution in [0.2, 0.25) is 0 Å². The Balaban J connectivity index is 1.77. The van der Waals surface area contributed by atoms with Gasteiger partial charge in [0.05, 0.1) is 11.6 Å². The van der Waals surface area contributed by atoms with Crippen molar-refractivity contribution in [1.29, 1.82) is 5.26 Å². The van der Waals surface area contributed by atoms with Gasteiger partial charge in [0.1, 0.15) is 16.6 Å². The number of carbonyl (C=O) groups is 2. The highest BCUT2D eigenvalue weighted by Crippen LogP contribution is 2.33. The standard InChI is InChI=1S/C18H18N4O3S/c1-10-4-2-7-13(20-10)15-14(9-19)26-18(21-15)22-16(23)11-5-3-6-12(8-11)17(24)25/h2,4,7,11-12H,3,5-6,8H2,1H3,(H,24,25)(H,21,22,23). The summed E-state index contributed by atoms with van der Waals surface area (Å²) in [5.74, 6) is -1.91. The minimum atomic E-state index is -0.851. The Morgan fingerprint density at radius 1 is 1.31 bits per heavy atom. The molecular formula is C18H18N4O3S. The number of amides is 1. The van der Waals surface area contributed by atoms with Gasteiger partial charge in [-0.3, -0.25) is 14.6 Å². The van der Waals surface area contributed by atoms with E-state index < -0.39 is 11.9 Å². The predicted molar refractivity (Wildman–Crippen MR) is 96.5 cm³/mol. The Bertz CT molecular complexity index is 887. The molecule has 1 amide bonds. The van der Waals surface area contributed by atoms with E-state index in [2.05, 4.69) is 21.4 Å². The Morgan fingerprint density at radius 3 is 2.77 bits per heavy atom. The highest BCUT2D eigenvalue weighted by molar-refractivity contribution is 7.16. The lowest BCUT2D eigenvalue weighted by Gasteiger charge is -2.25. The van der Waals surface area contributed by atoms with Gasteiger partial charge in [-0.05, 0) is 38.3 Å². The normalized spacial score (nSPS) is 19.5. The molecule has 0 saturated heterocycles. The van der Waals surface area contributed by atoms with Crippen LogP contribution in [0, 0.1) is 30.1 Å². The lowest BCUT2D eigenvalue weighted by atomic mass is 9.81. The molecule has 7 nitrogen and oxygen atoms in total. The zero-order valence-corrected chi connectivity index (χ0v) is 15.0. The number of hydrogen-bond acceptors (Lipinski definition) is 6. The summed E-state index contributed by atoms with van der Waals surface area (Å²) >= 11 is 1.10. The van der Waals surface area contributed by atoms with Crippen molar-refractivity contribution in [3.63, 3.8) is 0 Å². The first-order valence-electron chi connectivity index (χ1n) is 8.36. The highest BCUT2D eigenvalue weighted by Gasteiger charge is 2.31. The summed E-state index contributed by atoms with van der Waals surface area (Å²) in [5, 5.41) is 21.6. The number of aliphatic carboxylic acids is 1. The Kier molecular flexibility index (Phi) is 5.28. The van der Waals surface area contributed by atoms with Gasteiger partial charge in [0.25, 0.3) is 0 Å². The molecule has 134 valence electrons. The number of rotatable bonds is 4. The number of nitrogens with zero attached hydrogens (tertiary/aromatic N) is 3. The van der Waals surface area contributed by atoms with E-state index in [1.165, 1.54) is 0 Å². The van der Waals surface area contributed by atoms with Crippen molar-refractivity contribution < 1.29 is 14.7 Å². The van der Waals surface area contributed by atoms with Gasteiger partial charge in [0, 0.05) is 11.6 Å². The number of carboxylic acid groups (broad SMARTS) is 1. The van der Waals surface area contributed by atoms with Gasteiger partial charge in [-0.25, -0.2) is 4.98 Å². The first-order chi connectivity index (χ1) is 12.5. The quantitative estimate of drug-likeness (QED) is 0.853. The maximum absolute atomic E-state index is 12.5. The van der Waals surface area contributed by atoms with Crippen LogP contribution in [-0.4, -0.2) is 27.0 Å². The Labute approximate surface area is 154 Å². The zero-order valence-electron chi connectivity index (χ0n) is 14.2. The summed E-state index contributed by atoms with van der Waals surface area (Å²) in [4.78, 5) is 32.8. The van der Waals surface area contributed by atoms with E-state index in [1.807, 2.05) is 19.1 Å². The third-order valence-electron chi connectivity index (χ3n) is 4.48. The molecule has 2 aromatic rings. The van der Waals surface area contributed by atoms with Gasteiger partial charge >= 0.3 is 5.97 Å². The van der Waals surface area contributed by atoms with E-state index in [4.69, 9.17) is 5.11 Å². The molecule has 2 heterocycles. The van der Waals surface area contributed by atoms with Crippen LogP contribution in [0.15, 0.2) is 18.2 Å². The number of thiazole rings is 1. The molecule has 26 heavy (non-hydrogen) atoms. The van der Waals surface area contributed by atoms with Crippen molar-refractivity contribution >= 4 is 28.3 Å². The molecule has 1 aliphatic carbocycles. The predicted octanol–water partition coefficient (Wildman–Crippen LogP) is 3.21. The molecule has 0 bridgehead atoms. The van der Waals surface area contributed by atoms with Crippen LogP contribution in [0.5, 0.6) is 0 Å². The topological polar surface area (TPSA) is 116 Å². The molecule has 0 aliphatic heterocycles. The molecule has 1 aliphatic rings. The van der Waals surface area contributed by atoms with Gasteiger partial charge in [-0.15, -0.1) is 0 Å². The summed E-state index contributed by atoms with van der Waals surface area (Å²) in [6, 6.07) is 7.56. The molecule has 3 rings (SSSR count). The second-order valence-corrected chi connectivity index (χ2v) is 7.36. The van der Waals surface area contributed by atoms with Crippen molar-refractivity contribution in [2.45, 2.75) is 32.6 Å². The van der Waals surface area contributed by atoms with E-state index in [1.54, 1.807) is 6.07 Å². The highest BCUT2D eigenvalue weighted by atomic mass is 32.1. The maximum Gasteiger partial charge on any atom is 0.306 e. The Morgan fingerprint density at radius 2 is 2.08 bits per heavy atom. The van der Waals surface area contributed by atoms with Crippen LogP contribution < -0.4 is 5.32 Å². The van der Waals surface area contributed by atoms with E-state index in [0.29, 0.717) is 40.7 Å². The molecule has 2 unspecified atom stereocenters. The number of hydrogen-bond donors (Lipinski definition) is 2. The number of pyridine rings is 1. The van der Waals surface area contributed by atoms with Crippen LogP contribution in [-0.2, 0) is 9.59 Å². The van der Waals surface area contributed by atoms with Crippen molar-refractivity contribution in [3.05, 3.63) is 28.8 Å². The average Bonchev–Trinajstić information content (AvgIpc) is 3.04. The number of aryl methyl sites for hydroxylation is 1. The summed E-state index contributed by atoms with van der Waals surface area (Å²) in [6.07, 6.45) is 2.33. The number of carboxylic acids is 1. The maximum atomic E-state index is 12.5. The summed E-state index contributed by atoms with van der Waals surface area (Å²) in [5.41, 5.74) is 1.84. The molecule has 2 aromatic heterocycles. The second-order valence-electron chi connectivity index (χ2n) is 6.36. The van der Waals surface area contributed by atoms with E-state index >= 15 is 0 Å². The monoisotopic (exact) mass is 370 g/mol. The van der Waals surface area contributed by atoms with E-state index in [0.717, 1.165) is 23.5 Å². The summed E-state index contributed by atoms with van der Waals surface area (Å²) in [6.45, 7) is 1.85. The summed E-state index contributed by atoms with van der Waals surface area (Å²) in [7, 11) is 0. The fraction of sp³-hybridized carbons (Fsp3) is 0.389. The number of carbonyl (C=O) groups excluding carboxylic acids is 1. The fourth-order valence-corrected chi connectivity index (χ4v) is 3.93. The molecule has 0 spiro atoms. The van der Waals surface area contributed by atoms with Gasteiger partial charge in [0.2, 0.25) is 5.91 Å². The summed E-state index contributed by atoms with van der Waals surface area (Å²) < 4.78 is 0. The molecular weight excluding hydrogens is 352 g/mol. The van der Waals surface area contributed by atoms with Crippen molar-refractivity contribution in [3.8, 4) is 17.5 Å². The minimum absolute atomic E-state index is 0.238. The molecule has 8 heteroatoms. The first kappa shape index (κ1) is 18.0. The van der Waals surface area contributed by atoms with Crippen LogP contribution in [0.1, 0.15) is 36.3 Å². The number of aromatic nitrogens is 2. The van der Waals surface area contributed by atoms with Crippen molar-refractivity contribution in [2.24, 2.45) is 11.8 Å². The zero-order chi connectivity index (χ0) is 18.7. The first-order valence-corrected chi connectivity index (χ1v) is 9.18. The van der Waals surface area contributed by atoms with E-state index in [9.17, 15) is 14.9 Å². The van der Waals surface area contributed by atoms with Crippen molar-refractivity contribution in [1.82, 2.24) is 9.97 Å². The largest absolute Gasteiger partial charge is 0.481 e. The van der Waals surface area contributed by atoms with Crippen LogP contribution in [0.3, 0.4) is 0 Å². The van der Waals surface area contributed by atoms with Gasteiger partial charge < -0.3 is 10.4 Å². The minimum Gasteiger partial charge on any atom is -0.481 e. The smallest absolute Gasteiger partial charge is 0.306 e. The fourth-order valence-electron chi connectivity index (χ4n) is 3.16. The van der Waals surface area contributed by atoms with Gasteiger partial charge in [-0.1, -0.05) is 23.8 Å². The number of nitriles is 1. The molecule has 1 saturated carbocycles. The average molecular weight is 370 g/mol. The van der Waals surface area contributed by atoms with Gasteiger partial charge in [0.15, 0.2) is 5.13 Å². The van der Waals surface area contributed by atoms with Crippen molar-refractivity contribution in [2.75, 3.05) is 5.32 Å². The molecule has 0 aromatic carbocycles. The van der Waals surface area contributed by atoms with Crippen LogP contribution in [0.25, 0.3) is 11.4 Å². The molecule has 0 radical (unpaired) electrons. The molecule has 2 N–H and O–H groups in total. The van der Waals surface area contributed by atoms with Gasteiger partial charge in [-0.2, -0.15) is 5.26 Å². The van der Waals surface area contributed by atoms with Crippen LogP contribution in [0.4, 0.5) is 5.13 Å². The third kappa shape index (κ3) is 3.89.